The summed E-state index contributed by atoms with van der Waals surface area (Å²) in [4.78, 5) is 49.8. The number of methoxy groups -OCH3 is 2. The molecular formula is C25H19BrF3N3O6S. The number of halogens is 4. The zero-order valence-electron chi connectivity index (χ0n) is 20.2. The number of carbonyl (C=O) groups is 4. The first-order valence-electron chi connectivity index (χ1n) is 10.9. The van der Waals surface area contributed by atoms with E-state index in [0.29, 0.717) is 17.3 Å². The van der Waals surface area contributed by atoms with Gasteiger partial charge in [0.1, 0.15) is 5.92 Å². The van der Waals surface area contributed by atoms with Crippen LogP contribution in [0, 0.1) is 17.2 Å². The molecule has 9 nitrogen and oxygen atoms in total. The molecule has 14 heteroatoms. The highest BCUT2D eigenvalue weighted by Gasteiger charge is 2.44. The number of rotatable bonds is 7. The van der Waals surface area contributed by atoms with E-state index in [1.54, 1.807) is 0 Å². The lowest BCUT2D eigenvalue weighted by atomic mass is 9.78. The normalized spacial score (nSPS) is 17.1. The molecule has 2 aromatic rings. The van der Waals surface area contributed by atoms with Gasteiger partial charge in [-0.15, -0.1) is 0 Å². The summed E-state index contributed by atoms with van der Waals surface area (Å²) in [5.41, 5.74) is -1.08. The largest absolute Gasteiger partial charge is 0.468 e. The van der Waals surface area contributed by atoms with E-state index in [0.717, 1.165) is 19.2 Å². The summed E-state index contributed by atoms with van der Waals surface area (Å²) in [6, 6.07) is 10.9. The van der Waals surface area contributed by atoms with Gasteiger partial charge in [-0.05, 0) is 35.9 Å². The summed E-state index contributed by atoms with van der Waals surface area (Å²) in [5.74, 6) is -6.23. The summed E-state index contributed by atoms with van der Waals surface area (Å²) in [7, 11) is 2.28. The topological polar surface area (TPSA) is 135 Å². The molecule has 3 rings (SSSR count). The van der Waals surface area contributed by atoms with E-state index in [2.05, 4.69) is 31.3 Å². The van der Waals surface area contributed by atoms with Gasteiger partial charge in [-0.1, -0.05) is 39.8 Å². The number of carbonyl (C=O) groups excluding carboxylic acids is 4. The van der Waals surface area contributed by atoms with Crippen LogP contribution in [0.25, 0.3) is 0 Å². The molecule has 0 unspecified atom stereocenters. The smallest absolute Gasteiger partial charge is 0.418 e. The Morgan fingerprint density at radius 1 is 1.13 bits per heavy atom. The first-order chi connectivity index (χ1) is 18.4. The van der Waals surface area contributed by atoms with E-state index in [4.69, 9.17) is 4.74 Å². The molecule has 0 aromatic heterocycles. The molecule has 1 aliphatic rings. The van der Waals surface area contributed by atoms with Crippen molar-refractivity contribution >= 4 is 57.1 Å². The predicted octanol–water partition coefficient (Wildman–Crippen LogP) is 4.36. The van der Waals surface area contributed by atoms with Crippen molar-refractivity contribution < 1.29 is 41.8 Å². The highest BCUT2D eigenvalue weighted by atomic mass is 79.9. The average Bonchev–Trinajstić information content (AvgIpc) is 2.91. The molecule has 2 aromatic carbocycles. The second-order valence-electron chi connectivity index (χ2n) is 7.96. The molecule has 2 amide bonds. The van der Waals surface area contributed by atoms with E-state index in [9.17, 15) is 37.6 Å². The highest BCUT2D eigenvalue weighted by molar-refractivity contribution is 9.10. The third-order valence-corrected chi connectivity index (χ3v) is 7.09. The van der Waals surface area contributed by atoms with Crippen molar-refractivity contribution in [1.82, 2.24) is 5.32 Å². The predicted molar refractivity (Wildman–Crippen MR) is 137 cm³/mol. The number of hydrogen-bond donors (Lipinski definition) is 2. The molecule has 2 N–H and O–H groups in total. The van der Waals surface area contributed by atoms with Crippen LogP contribution in [0.15, 0.2) is 57.5 Å². The fourth-order valence-corrected chi connectivity index (χ4v) is 5.02. The van der Waals surface area contributed by atoms with Crippen LogP contribution in [0.3, 0.4) is 0 Å². The van der Waals surface area contributed by atoms with Crippen LogP contribution in [0.4, 0.5) is 18.9 Å². The van der Waals surface area contributed by atoms with Crippen molar-refractivity contribution in [3.8, 4) is 6.07 Å². The van der Waals surface area contributed by atoms with Crippen LogP contribution < -0.4 is 10.6 Å². The van der Waals surface area contributed by atoms with Gasteiger partial charge >= 0.3 is 18.1 Å². The van der Waals surface area contributed by atoms with Crippen LogP contribution in [0.5, 0.6) is 0 Å². The van der Waals surface area contributed by atoms with Gasteiger partial charge in [0.15, 0.2) is 0 Å². The minimum Gasteiger partial charge on any atom is -0.468 e. The number of anilines is 1. The molecular weight excluding hydrogens is 607 g/mol. The van der Waals surface area contributed by atoms with Gasteiger partial charge in [-0.2, -0.15) is 18.4 Å². The van der Waals surface area contributed by atoms with Crippen molar-refractivity contribution in [2.45, 2.75) is 12.1 Å². The van der Waals surface area contributed by atoms with Crippen molar-refractivity contribution in [3.63, 3.8) is 0 Å². The number of nitrogens with one attached hydrogen (secondary N) is 2. The van der Waals surface area contributed by atoms with Crippen LogP contribution in [0.2, 0.25) is 0 Å². The van der Waals surface area contributed by atoms with E-state index >= 15 is 0 Å². The Kier molecular flexibility index (Phi) is 9.41. The van der Waals surface area contributed by atoms with Crippen molar-refractivity contribution in [1.29, 1.82) is 5.26 Å². The van der Waals surface area contributed by atoms with Gasteiger partial charge in [0, 0.05) is 10.4 Å². The minimum absolute atomic E-state index is 0.0494. The third-order valence-electron chi connectivity index (χ3n) is 5.58. The first-order valence-corrected chi connectivity index (χ1v) is 12.7. The number of esters is 2. The molecule has 1 aliphatic heterocycles. The van der Waals surface area contributed by atoms with Crippen molar-refractivity contribution in [2.24, 2.45) is 5.92 Å². The maximum atomic E-state index is 13.4. The molecule has 0 saturated heterocycles. The molecule has 39 heavy (non-hydrogen) atoms. The number of hydrogen-bond acceptors (Lipinski definition) is 8. The van der Waals surface area contributed by atoms with Gasteiger partial charge < -0.3 is 20.1 Å². The van der Waals surface area contributed by atoms with Gasteiger partial charge in [-0.3, -0.25) is 14.4 Å². The Hall–Kier alpha value is -3.83. The van der Waals surface area contributed by atoms with Crippen molar-refractivity contribution in [3.05, 3.63) is 74.2 Å². The molecule has 0 saturated carbocycles. The Labute approximate surface area is 232 Å². The Morgan fingerprint density at radius 2 is 1.79 bits per heavy atom. The molecule has 0 aliphatic carbocycles. The maximum Gasteiger partial charge on any atom is 0.418 e. The van der Waals surface area contributed by atoms with Crippen molar-refractivity contribution in [2.75, 3.05) is 25.3 Å². The minimum atomic E-state index is -4.73. The van der Waals surface area contributed by atoms with Crippen LogP contribution in [-0.2, 0) is 30.0 Å². The van der Waals surface area contributed by atoms with Gasteiger partial charge in [0.05, 0.1) is 53.5 Å². The number of nitriles is 1. The molecule has 0 bridgehead atoms. The van der Waals surface area contributed by atoms with E-state index in [1.165, 1.54) is 37.4 Å². The van der Waals surface area contributed by atoms with Gasteiger partial charge in [0.25, 0.3) is 0 Å². The number of benzene rings is 2. The lowest BCUT2D eigenvalue weighted by Gasteiger charge is -2.31. The van der Waals surface area contributed by atoms with Gasteiger partial charge in [-0.25, -0.2) is 4.79 Å². The zero-order valence-corrected chi connectivity index (χ0v) is 22.6. The summed E-state index contributed by atoms with van der Waals surface area (Å²) in [5, 5.41) is 14.5. The number of amides is 2. The summed E-state index contributed by atoms with van der Waals surface area (Å²) >= 11 is 3.67. The molecule has 0 spiro atoms. The monoisotopic (exact) mass is 625 g/mol. The number of allylic oxidation sites excluding steroid dienone is 1. The lowest BCUT2D eigenvalue weighted by molar-refractivity contribution is -0.150. The van der Waals surface area contributed by atoms with E-state index in [-0.39, 0.29) is 20.6 Å². The average molecular weight is 626 g/mol. The second-order valence-corrected chi connectivity index (χ2v) is 9.86. The number of thioether (sulfide) groups is 1. The van der Waals surface area contributed by atoms with E-state index < -0.39 is 58.8 Å². The summed E-state index contributed by atoms with van der Waals surface area (Å²) in [6.07, 6.45) is -4.73. The van der Waals surface area contributed by atoms with Crippen LogP contribution in [-0.4, -0.2) is 43.7 Å². The fourth-order valence-electron chi connectivity index (χ4n) is 3.81. The molecule has 1 heterocycles. The number of alkyl halides is 3. The summed E-state index contributed by atoms with van der Waals surface area (Å²) < 4.78 is 49.8. The second kappa shape index (κ2) is 12.4. The van der Waals surface area contributed by atoms with Crippen LogP contribution in [0.1, 0.15) is 27.4 Å². The third kappa shape index (κ3) is 6.79. The highest BCUT2D eigenvalue weighted by Crippen LogP contribution is 2.41. The van der Waals surface area contributed by atoms with Crippen LogP contribution >= 0.6 is 27.7 Å². The maximum absolute atomic E-state index is 13.4. The Bertz CT molecular complexity index is 1390. The quantitative estimate of drug-likeness (QED) is 0.342. The van der Waals surface area contributed by atoms with Gasteiger partial charge in [0.2, 0.25) is 11.8 Å². The fraction of sp³-hybridized carbons (Fsp3) is 0.240. The lowest BCUT2D eigenvalue weighted by Crippen LogP contribution is -2.44. The Balaban J connectivity index is 1.92. The summed E-state index contributed by atoms with van der Waals surface area (Å²) in [6.45, 7) is 0. The Morgan fingerprint density at radius 3 is 2.36 bits per heavy atom. The zero-order chi connectivity index (χ0) is 28.9. The molecule has 0 radical (unpaired) electrons. The molecule has 0 fully saturated rings. The first kappa shape index (κ1) is 29.7. The number of ether oxygens (including phenoxy) is 2. The molecule has 2 atom stereocenters. The molecule has 204 valence electrons. The SMILES string of the molecule is COC(=O)c1ccc([C@H]2C(C#N)=C(SCC(=O)Nc3ccc(Br)cc3C(F)(F)F)NC(=O)[C@@H]2C(=O)OC)cc1. The standard InChI is InChI=1S/C25H19BrF3N3O6S/c1-37-23(35)13-5-3-12(4-6-13)19-15(10-30)22(32-21(34)20(19)24(36)38-2)39-11-18(33)31-17-8-7-14(26)9-16(17)25(27,28)29/h3-9,19-20H,11H2,1-2H3,(H,31,33)(H,32,34)/t19-,20+/m0/s1. The van der Waals surface area contributed by atoms with E-state index in [1.807, 2.05) is 6.07 Å². The number of nitrogens with zero attached hydrogens (tertiary/aromatic N) is 1.